The number of halogens is 1. The molecule has 0 aliphatic carbocycles. The molecule has 1 aromatic carbocycles. The van der Waals surface area contributed by atoms with Crippen LogP contribution >= 0.6 is 11.3 Å². The van der Waals surface area contributed by atoms with Crippen LogP contribution in [-0.2, 0) is 0 Å². The number of hydrogen-bond acceptors (Lipinski definition) is 5. The van der Waals surface area contributed by atoms with Gasteiger partial charge in [-0.15, -0.1) is 11.3 Å². The van der Waals surface area contributed by atoms with E-state index in [4.69, 9.17) is 5.73 Å². The van der Waals surface area contributed by atoms with Crippen LogP contribution in [0.4, 0.5) is 21.8 Å². The fourth-order valence-corrected chi connectivity index (χ4v) is 2.68. The van der Waals surface area contributed by atoms with E-state index in [1.807, 2.05) is 24.4 Å². The second-order valence-electron chi connectivity index (χ2n) is 4.21. The number of nitrogen functional groups attached to an aromatic ring is 1. The average molecular weight is 274 g/mol. The van der Waals surface area contributed by atoms with Gasteiger partial charge in [-0.25, -0.2) is 9.37 Å². The summed E-state index contributed by atoms with van der Waals surface area (Å²) in [6.45, 7) is 1.84. The van der Waals surface area contributed by atoms with Crippen molar-refractivity contribution in [2.75, 3.05) is 11.1 Å². The summed E-state index contributed by atoms with van der Waals surface area (Å²) in [5.74, 6) is 0.505. The summed E-state index contributed by atoms with van der Waals surface area (Å²) in [7, 11) is 0. The molecule has 96 valence electrons. The lowest BCUT2D eigenvalue weighted by Crippen LogP contribution is -2.00. The molecule has 0 spiro atoms. The van der Waals surface area contributed by atoms with Crippen molar-refractivity contribution in [2.45, 2.75) is 6.92 Å². The predicted molar refractivity (Wildman–Crippen MR) is 76.2 cm³/mol. The Kier molecular flexibility index (Phi) is 2.79. The summed E-state index contributed by atoms with van der Waals surface area (Å²) in [6, 6.07) is 6.65. The third-order valence-corrected chi connectivity index (χ3v) is 3.45. The molecule has 19 heavy (non-hydrogen) atoms. The molecule has 2 aromatic heterocycles. The third-order valence-electron chi connectivity index (χ3n) is 2.65. The summed E-state index contributed by atoms with van der Waals surface area (Å²) in [6.07, 6.45) is 0. The van der Waals surface area contributed by atoms with E-state index in [9.17, 15) is 4.39 Å². The molecule has 0 aliphatic heterocycles. The van der Waals surface area contributed by atoms with Gasteiger partial charge in [-0.2, -0.15) is 4.98 Å². The van der Waals surface area contributed by atoms with Gasteiger partial charge in [0, 0.05) is 5.69 Å². The van der Waals surface area contributed by atoms with Gasteiger partial charge >= 0.3 is 0 Å². The van der Waals surface area contributed by atoms with Crippen molar-refractivity contribution in [3.8, 4) is 0 Å². The molecule has 4 nitrogen and oxygen atoms in total. The first-order valence-corrected chi connectivity index (χ1v) is 6.55. The molecular formula is C13H11FN4S. The molecule has 0 atom stereocenters. The number of thiophene rings is 1. The Morgan fingerprint density at radius 1 is 1.26 bits per heavy atom. The first-order valence-electron chi connectivity index (χ1n) is 5.67. The van der Waals surface area contributed by atoms with Gasteiger partial charge in [-0.3, -0.25) is 0 Å². The number of nitrogens with zero attached hydrogens (tertiary/aromatic N) is 2. The Bertz CT molecular complexity index is 733. The molecule has 0 bridgehead atoms. The van der Waals surface area contributed by atoms with Gasteiger partial charge in [0.1, 0.15) is 16.5 Å². The Labute approximate surface area is 113 Å². The molecule has 0 unspecified atom stereocenters. The summed E-state index contributed by atoms with van der Waals surface area (Å²) < 4.78 is 13.4. The number of aromatic nitrogens is 2. The van der Waals surface area contributed by atoms with Crippen LogP contribution in [0.15, 0.2) is 29.6 Å². The van der Waals surface area contributed by atoms with Crippen molar-refractivity contribution >= 4 is 39.0 Å². The van der Waals surface area contributed by atoms with Crippen molar-refractivity contribution in [1.82, 2.24) is 9.97 Å². The molecule has 0 amide bonds. The summed E-state index contributed by atoms with van der Waals surface area (Å²) >= 11 is 1.49. The van der Waals surface area contributed by atoms with E-state index in [1.54, 1.807) is 0 Å². The highest BCUT2D eigenvalue weighted by atomic mass is 32.1. The van der Waals surface area contributed by atoms with E-state index in [0.717, 1.165) is 15.8 Å². The molecular weight excluding hydrogens is 263 g/mol. The second kappa shape index (κ2) is 4.47. The highest BCUT2D eigenvalue weighted by Gasteiger charge is 2.08. The van der Waals surface area contributed by atoms with E-state index < -0.39 is 0 Å². The van der Waals surface area contributed by atoms with Crippen LogP contribution in [0.1, 0.15) is 5.56 Å². The zero-order chi connectivity index (χ0) is 13.4. The van der Waals surface area contributed by atoms with Gasteiger partial charge in [0.05, 0.1) is 5.39 Å². The molecule has 0 saturated heterocycles. The Morgan fingerprint density at radius 2 is 2.11 bits per heavy atom. The number of nitrogens with two attached hydrogens (primary N) is 1. The third kappa shape index (κ3) is 2.34. The maximum atomic E-state index is 13.4. The zero-order valence-corrected chi connectivity index (χ0v) is 11.0. The van der Waals surface area contributed by atoms with Crippen molar-refractivity contribution in [3.63, 3.8) is 0 Å². The van der Waals surface area contributed by atoms with E-state index in [1.165, 1.54) is 23.5 Å². The van der Waals surface area contributed by atoms with Gasteiger partial charge in [0.15, 0.2) is 0 Å². The van der Waals surface area contributed by atoms with E-state index >= 15 is 0 Å². The normalized spacial score (nSPS) is 10.8. The number of benzene rings is 1. The maximum absolute atomic E-state index is 13.4. The molecule has 3 N–H and O–H groups in total. The summed E-state index contributed by atoms with van der Waals surface area (Å²) in [5, 5.41) is 5.88. The van der Waals surface area contributed by atoms with Gasteiger partial charge in [-0.05, 0) is 42.1 Å². The Morgan fingerprint density at radius 3 is 2.89 bits per heavy atom. The number of aryl methyl sites for hydroxylation is 1. The maximum Gasteiger partial charge on any atom is 0.223 e. The quantitative estimate of drug-likeness (QED) is 0.751. The van der Waals surface area contributed by atoms with E-state index in [2.05, 4.69) is 15.3 Å². The number of nitrogens with one attached hydrogen (secondary N) is 1. The smallest absolute Gasteiger partial charge is 0.223 e. The molecule has 0 radical (unpaired) electrons. The minimum Gasteiger partial charge on any atom is -0.368 e. The first-order chi connectivity index (χ1) is 9.11. The standard InChI is InChI=1S/C13H11FN4S/c1-7-4-8(14)6-9(5-7)16-11-10-2-3-19-12(10)18-13(15)17-11/h2-6H,1H3,(H3,15,16,17,18). The number of hydrogen-bond donors (Lipinski definition) is 2. The number of rotatable bonds is 2. The van der Waals surface area contributed by atoms with E-state index in [0.29, 0.717) is 11.5 Å². The first kappa shape index (κ1) is 11.9. The largest absolute Gasteiger partial charge is 0.368 e. The van der Waals surface area contributed by atoms with Gasteiger partial charge < -0.3 is 11.1 Å². The minimum atomic E-state index is -0.286. The van der Waals surface area contributed by atoms with Crippen molar-refractivity contribution in [2.24, 2.45) is 0 Å². The van der Waals surface area contributed by atoms with Crippen LogP contribution in [-0.4, -0.2) is 9.97 Å². The number of fused-ring (bicyclic) bond motifs is 1. The molecule has 6 heteroatoms. The zero-order valence-electron chi connectivity index (χ0n) is 10.1. The van der Waals surface area contributed by atoms with Crippen molar-refractivity contribution in [3.05, 3.63) is 41.0 Å². The minimum absolute atomic E-state index is 0.200. The molecule has 3 aromatic rings. The molecule has 3 rings (SSSR count). The Hall–Kier alpha value is -2.21. The SMILES string of the molecule is Cc1cc(F)cc(Nc2nc(N)nc3sccc23)c1. The lowest BCUT2D eigenvalue weighted by Gasteiger charge is -2.08. The van der Waals surface area contributed by atoms with Gasteiger partial charge in [0.25, 0.3) is 0 Å². The average Bonchev–Trinajstić information content (AvgIpc) is 2.75. The molecule has 0 saturated carbocycles. The molecule has 0 aliphatic rings. The van der Waals surface area contributed by atoms with Crippen LogP contribution in [0.5, 0.6) is 0 Å². The number of anilines is 3. The monoisotopic (exact) mass is 274 g/mol. The van der Waals surface area contributed by atoms with Crippen molar-refractivity contribution < 1.29 is 4.39 Å². The van der Waals surface area contributed by atoms with E-state index in [-0.39, 0.29) is 11.8 Å². The van der Waals surface area contributed by atoms with Gasteiger partial charge in [-0.1, -0.05) is 0 Å². The van der Waals surface area contributed by atoms with Crippen LogP contribution in [0.25, 0.3) is 10.2 Å². The van der Waals surface area contributed by atoms with Crippen LogP contribution < -0.4 is 11.1 Å². The fraction of sp³-hybridized carbons (Fsp3) is 0.0769. The van der Waals surface area contributed by atoms with Crippen LogP contribution in [0.3, 0.4) is 0 Å². The summed E-state index contributed by atoms with van der Waals surface area (Å²) in [4.78, 5) is 9.12. The highest BCUT2D eigenvalue weighted by Crippen LogP contribution is 2.28. The molecule has 2 heterocycles. The second-order valence-corrected chi connectivity index (χ2v) is 5.11. The van der Waals surface area contributed by atoms with Crippen LogP contribution in [0.2, 0.25) is 0 Å². The predicted octanol–water partition coefficient (Wildman–Crippen LogP) is 3.46. The topological polar surface area (TPSA) is 63.8 Å². The molecule has 0 fully saturated rings. The van der Waals surface area contributed by atoms with Crippen molar-refractivity contribution in [1.29, 1.82) is 0 Å². The summed E-state index contributed by atoms with van der Waals surface area (Å²) in [5.41, 5.74) is 7.15. The highest BCUT2D eigenvalue weighted by molar-refractivity contribution is 7.16. The van der Waals surface area contributed by atoms with Gasteiger partial charge in [0.2, 0.25) is 5.95 Å². The fourth-order valence-electron chi connectivity index (χ4n) is 1.91. The lowest BCUT2D eigenvalue weighted by molar-refractivity contribution is 0.627. The Balaban J connectivity index is 2.07. The van der Waals surface area contributed by atoms with Crippen LogP contribution in [0, 0.1) is 12.7 Å². The lowest BCUT2D eigenvalue weighted by atomic mass is 10.2.